The molecule has 30 heavy (non-hydrogen) atoms. The molecule has 1 heterocycles. The number of aromatic nitrogens is 1. The summed E-state index contributed by atoms with van der Waals surface area (Å²) >= 11 is 5.77. The summed E-state index contributed by atoms with van der Waals surface area (Å²) in [5.74, 6) is -2.90. The number of hydrogen-bond donors (Lipinski definition) is 1. The first-order chi connectivity index (χ1) is 13.8. The molecule has 1 aromatic carbocycles. The maximum atomic E-state index is 13.1. The van der Waals surface area contributed by atoms with Crippen molar-refractivity contribution in [3.8, 4) is 23.1 Å². The third-order valence-electron chi connectivity index (χ3n) is 4.32. The van der Waals surface area contributed by atoms with E-state index in [0.717, 1.165) is 6.07 Å². The molecule has 0 unspecified atom stereocenters. The van der Waals surface area contributed by atoms with E-state index in [1.807, 2.05) is 0 Å². The molecule has 1 aliphatic rings. The van der Waals surface area contributed by atoms with Crippen LogP contribution in [0.5, 0.6) is 23.1 Å². The Morgan fingerprint density at radius 3 is 2.47 bits per heavy atom. The Morgan fingerprint density at radius 1 is 1.13 bits per heavy atom. The van der Waals surface area contributed by atoms with Crippen molar-refractivity contribution >= 4 is 17.3 Å². The lowest BCUT2D eigenvalue weighted by molar-refractivity contribution is -0.164. The Kier molecular flexibility index (Phi) is 5.90. The number of nitrogens with zero attached hydrogens (tertiary/aromatic N) is 1. The number of halogens is 6. The van der Waals surface area contributed by atoms with Crippen molar-refractivity contribution in [1.29, 1.82) is 0 Å². The second-order valence-corrected chi connectivity index (χ2v) is 7.91. The quantitative estimate of drug-likeness (QED) is 0.420. The summed E-state index contributed by atoms with van der Waals surface area (Å²) in [6.45, 7) is 0.156. The Bertz CT molecular complexity index is 916. The molecule has 11 heteroatoms. The average Bonchev–Trinajstić information content (AvgIpc) is 2.60. The molecule has 0 saturated heterocycles. The van der Waals surface area contributed by atoms with E-state index in [9.17, 15) is 22.0 Å². The number of hydrogen-bond acceptors (Lipinski definition) is 5. The highest BCUT2D eigenvalue weighted by Gasteiger charge is 2.54. The van der Waals surface area contributed by atoms with Gasteiger partial charge in [0.1, 0.15) is 11.5 Å². The van der Waals surface area contributed by atoms with E-state index in [4.69, 9.17) is 31.5 Å². The first-order valence-electron chi connectivity index (χ1n) is 8.77. The molecule has 0 bridgehead atoms. The van der Waals surface area contributed by atoms with Crippen molar-refractivity contribution in [1.82, 2.24) is 4.98 Å². The van der Waals surface area contributed by atoms with Crippen LogP contribution in [0.1, 0.15) is 19.8 Å². The molecule has 0 radical (unpaired) electrons. The number of ether oxygens (including phenoxy) is 3. The van der Waals surface area contributed by atoms with Gasteiger partial charge in [-0.25, -0.2) is 13.8 Å². The van der Waals surface area contributed by atoms with Gasteiger partial charge in [0.05, 0.1) is 17.3 Å². The van der Waals surface area contributed by atoms with E-state index < -0.39 is 24.1 Å². The molecule has 5 nitrogen and oxygen atoms in total. The first kappa shape index (κ1) is 22.2. The van der Waals surface area contributed by atoms with Gasteiger partial charge in [-0.2, -0.15) is 13.2 Å². The fraction of sp³-hybridized carbons (Fsp3) is 0.421. The van der Waals surface area contributed by atoms with E-state index in [2.05, 4.69) is 4.98 Å². The highest BCUT2D eigenvalue weighted by atomic mass is 35.5. The van der Waals surface area contributed by atoms with Crippen LogP contribution in [0.3, 0.4) is 0 Å². The van der Waals surface area contributed by atoms with Gasteiger partial charge in [0.15, 0.2) is 12.4 Å². The summed E-state index contributed by atoms with van der Waals surface area (Å²) in [4.78, 5) is 3.85. The molecule has 2 aromatic rings. The van der Waals surface area contributed by atoms with Crippen LogP contribution in [0.4, 0.5) is 27.6 Å². The molecular formula is C19H18ClF5N2O3. The van der Waals surface area contributed by atoms with Crippen molar-refractivity contribution < 1.29 is 36.2 Å². The van der Waals surface area contributed by atoms with Gasteiger partial charge in [-0.1, -0.05) is 18.5 Å². The molecule has 1 aromatic heterocycles. The van der Waals surface area contributed by atoms with Crippen molar-refractivity contribution in [2.24, 2.45) is 5.41 Å². The minimum atomic E-state index is -4.56. The predicted molar refractivity (Wildman–Crippen MR) is 99.5 cm³/mol. The SMILES string of the molecule is CC1(COc2cc(Oc3ncc(Cl)cc3OCC(F)(F)F)ccc2N)CC(F)(F)C1. The molecule has 0 atom stereocenters. The minimum absolute atomic E-state index is 0.0232. The highest BCUT2D eigenvalue weighted by Crippen LogP contribution is 2.52. The molecule has 0 amide bonds. The fourth-order valence-electron chi connectivity index (χ4n) is 3.11. The van der Waals surface area contributed by atoms with Crippen molar-refractivity contribution in [2.45, 2.75) is 31.9 Å². The molecule has 1 aliphatic carbocycles. The molecule has 2 N–H and O–H groups in total. The Morgan fingerprint density at radius 2 is 1.83 bits per heavy atom. The zero-order valence-corrected chi connectivity index (χ0v) is 16.5. The highest BCUT2D eigenvalue weighted by molar-refractivity contribution is 6.30. The first-order valence-corrected chi connectivity index (χ1v) is 9.15. The smallest absolute Gasteiger partial charge is 0.422 e. The number of nitrogen functional groups attached to an aromatic ring is 1. The van der Waals surface area contributed by atoms with Crippen LogP contribution >= 0.6 is 11.6 Å². The van der Waals surface area contributed by atoms with Crippen LogP contribution < -0.4 is 19.9 Å². The number of anilines is 1. The summed E-state index contributed by atoms with van der Waals surface area (Å²) in [5.41, 5.74) is 5.43. The zero-order valence-electron chi connectivity index (χ0n) is 15.7. The van der Waals surface area contributed by atoms with Gasteiger partial charge >= 0.3 is 6.18 Å². The minimum Gasteiger partial charge on any atom is -0.491 e. The fourth-order valence-corrected chi connectivity index (χ4v) is 3.26. The maximum absolute atomic E-state index is 13.1. The van der Waals surface area contributed by atoms with Crippen LogP contribution in [-0.4, -0.2) is 30.3 Å². The van der Waals surface area contributed by atoms with Gasteiger partial charge in [0.25, 0.3) is 5.88 Å². The van der Waals surface area contributed by atoms with Crippen LogP contribution in [0.15, 0.2) is 30.5 Å². The van der Waals surface area contributed by atoms with Crippen molar-refractivity contribution in [3.05, 3.63) is 35.5 Å². The number of nitrogens with two attached hydrogens (primary N) is 1. The monoisotopic (exact) mass is 452 g/mol. The maximum Gasteiger partial charge on any atom is 0.422 e. The predicted octanol–water partition coefficient (Wildman–Crippen LogP) is 5.86. The number of pyridine rings is 1. The summed E-state index contributed by atoms with van der Waals surface area (Å²) in [6.07, 6.45) is -3.95. The van der Waals surface area contributed by atoms with Crippen LogP contribution in [0, 0.1) is 5.41 Å². The molecule has 0 spiro atoms. The molecule has 1 fully saturated rings. The van der Waals surface area contributed by atoms with Crippen molar-refractivity contribution in [2.75, 3.05) is 18.9 Å². The summed E-state index contributed by atoms with van der Waals surface area (Å²) in [5, 5.41) is 0.0615. The Labute approximate surface area is 173 Å². The lowest BCUT2D eigenvalue weighted by Crippen LogP contribution is -2.47. The lowest BCUT2D eigenvalue weighted by Gasteiger charge is -2.44. The van der Waals surface area contributed by atoms with E-state index in [0.29, 0.717) is 0 Å². The summed E-state index contributed by atoms with van der Waals surface area (Å²) < 4.78 is 79.5. The normalized spacial score (nSPS) is 17.2. The molecule has 164 valence electrons. The number of alkyl halides is 5. The van der Waals surface area contributed by atoms with Crippen LogP contribution in [0.2, 0.25) is 5.02 Å². The molecule has 3 rings (SSSR count). The largest absolute Gasteiger partial charge is 0.491 e. The topological polar surface area (TPSA) is 66.6 Å². The molecular weight excluding hydrogens is 435 g/mol. The van der Waals surface area contributed by atoms with Gasteiger partial charge in [0.2, 0.25) is 5.92 Å². The lowest BCUT2D eigenvalue weighted by atomic mass is 9.68. The molecule has 0 aliphatic heterocycles. The Hall–Kier alpha value is -2.49. The summed E-state index contributed by atoms with van der Waals surface area (Å²) in [7, 11) is 0. The van der Waals surface area contributed by atoms with Crippen LogP contribution in [-0.2, 0) is 0 Å². The molecule has 1 saturated carbocycles. The Balaban J connectivity index is 1.72. The van der Waals surface area contributed by atoms with Gasteiger partial charge in [0, 0.05) is 36.6 Å². The van der Waals surface area contributed by atoms with E-state index in [1.165, 1.54) is 24.4 Å². The standard InChI is InChI=1S/C19H18ClF5N2O3/c1-17(7-18(21,22)8-17)9-28-14-5-12(2-3-13(14)26)30-16-15(4-11(20)6-27-16)29-10-19(23,24)25/h2-6H,7-10,26H2,1H3. The van der Waals surface area contributed by atoms with Gasteiger partial charge in [-0.05, 0) is 12.1 Å². The van der Waals surface area contributed by atoms with Gasteiger partial charge in [-0.3, -0.25) is 0 Å². The second kappa shape index (κ2) is 7.98. The van der Waals surface area contributed by atoms with E-state index in [1.54, 1.807) is 6.92 Å². The number of rotatable bonds is 7. The average molecular weight is 453 g/mol. The number of benzene rings is 1. The zero-order chi connectivity index (χ0) is 22.2. The van der Waals surface area contributed by atoms with Gasteiger partial charge < -0.3 is 19.9 Å². The summed E-state index contributed by atoms with van der Waals surface area (Å²) in [6, 6.07) is 5.43. The third-order valence-corrected chi connectivity index (χ3v) is 4.53. The van der Waals surface area contributed by atoms with E-state index >= 15 is 0 Å². The van der Waals surface area contributed by atoms with Gasteiger partial charge in [-0.15, -0.1) is 0 Å². The third kappa shape index (κ3) is 5.78. The second-order valence-electron chi connectivity index (χ2n) is 7.47. The van der Waals surface area contributed by atoms with Crippen LogP contribution in [0.25, 0.3) is 0 Å². The van der Waals surface area contributed by atoms with Crippen molar-refractivity contribution in [3.63, 3.8) is 0 Å². The van der Waals surface area contributed by atoms with E-state index in [-0.39, 0.29) is 53.3 Å².